The van der Waals surface area contributed by atoms with Crippen molar-refractivity contribution in [2.45, 2.75) is 27.0 Å². The van der Waals surface area contributed by atoms with Crippen molar-refractivity contribution in [3.05, 3.63) is 179 Å². The van der Waals surface area contributed by atoms with Crippen molar-refractivity contribution < 1.29 is 39.9 Å². The van der Waals surface area contributed by atoms with Crippen LogP contribution in [-0.2, 0) is 26.5 Å². The Hall–Kier alpha value is -5.22. The molecule has 0 saturated carbocycles. The van der Waals surface area contributed by atoms with E-state index in [0.29, 0.717) is 28.1 Å². The first kappa shape index (κ1) is 24.9. The third-order valence-electron chi connectivity index (χ3n) is 7.82. The zero-order valence-corrected chi connectivity index (χ0v) is 28.6. The molecule has 0 aliphatic rings. The van der Waals surface area contributed by atoms with E-state index in [0.717, 1.165) is 38.6 Å². The molecule has 0 bridgehead atoms. The molecular weight excluding hydrogens is 784 g/mol. The van der Waals surface area contributed by atoms with Crippen LogP contribution in [0.1, 0.15) is 38.8 Å². The molecule has 243 valence electrons. The predicted molar refractivity (Wildman–Crippen MR) is 193 cm³/mol. The van der Waals surface area contributed by atoms with E-state index in [4.69, 9.17) is 15.4 Å². The summed E-state index contributed by atoms with van der Waals surface area (Å²) >= 11 is 0. The van der Waals surface area contributed by atoms with Gasteiger partial charge in [-0.25, -0.2) is 4.39 Å². The van der Waals surface area contributed by atoms with Crippen molar-refractivity contribution in [2.75, 3.05) is 0 Å². The van der Waals surface area contributed by atoms with Crippen LogP contribution in [-0.4, -0.2) is 9.97 Å². The Balaban J connectivity index is 0.000000196. The molecule has 1 radical (unpaired) electrons. The first-order chi connectivity index (χ1) is 26.6. The van der Waals surface area contributed by atoms with E-state index in [9.17, 15) is 4.39 Å². The number of fused-ring (bicyclic) bond motifs is 3. The van der Waals surface area contributed by atoms with E-state index in [1.54, 1.807) is 60.7 Å². The van der Waals surface area contributed by atoms with Crippen molar-refractivity contribution in [3.8, 4) is 33.6 Å². The minimum Gasteiger partial charge on any atom is -0.501 e. The normalized spacial score (nSPS) is 14.0. The fraction of sp³-hybridized carbons (Fsp3) is 0.0909. The van der Waals surface area contributed by atoms with E-state index < -0.39 is 20.1 Å². The number of pyridine rings is 2. The molecule has 0 fully saturated rings. The summed E-state index contributed by atoms with van der Waals surface area (Å²) in [6.45, 7) is -2.66. The molecule has 5 aromatic carbocycles. The van der Waals surface area contributed by atoms with Crippen LogP contribution in [0.25, 0.3) is 55.6 Å². The monoisotopic (exact) mass is 825 g/mol. The van der Waals surface area contributed by atoms with Crippen molar-refractivity contribution >= 4 is 21.9 Å². The molecule has 0 amide bonds. The average Bonchev–Trinajstić information content (AvgIpc) is 3.56. The minimum atomic E-state index is -2.53. The van der Waals surface area contributed by atoms with Gasteiger partial charge in [0.2, 0.25) is 0 Å². The van der Waals surface area contributed by atoms with E-state index in [1.165, 1.54) is 30.6 Å². The number of nitrogens with zero attached hydrogens (tertiary/aromatic N) is 2. The Kier molecular flexibility index (Phi) is 7.56. The van der Waals surface area contributed by atoms with Crippen LogP contribution in [0, 0.1) is 38.6 Å². The molecule has 8 rings (SSSR count). The SMILES string of the molecule is [2H]C([2H])([2H])c1ccc(-c2[c-]ccc3c2oc2cc(C)ccc23)nc1.[2H]C([2H])([2H])c1cnc(-c2[c-]ccc(-c3ccc(F)cc3)c2)cc1C([2H])([2H])c1ccccc1.[Ir]. The van der Waals surface area contributed by atoms with Crippen LogP contribution in [0.5, 0.6) is 0 Å². The smallest absolute Gasteiger partial charge is 0.123 e. The van der Waals surface area contributed by atoms with E-state index in [-0.39, 0.29) is 42.6 Å². The molecule has 0 atom stereocenters. The Morgan fingerprint density at radius 1 is 0.735 bits per heavy atom. The maximum Gasteiger partial charge on any atom is 0.123 e. The third-order valence-corrected chi connectivity index (χ3v) is 7.82. The predicted octanol–water partition coefficient (Wildman–Crippen LogP) is 11.3. The van der Waals surface area contributed by atoms with Crippen LogP contribution in [0.15, 0.2) is 138 Å². The summed E-state index contributed by atoms with van der Waals surface area (Å²) in [6.07, 6.45) is 0.565. The number of rotatable bonds is 5. The fourth-order valence-electron chi connectivity index (χ4n) is 5.40. The molecule has 0 spiro atoms. The summed E-state index contributed by atoms with van der Waals surface area (Å²) < 4.78 is 82.7. The van der Waals surface area contributed by atoms with Gasteiger partial charge >= 0.3 is 0 Å². The summed E-state index contributed by atoms with van der Waals surface area (Å²) in [7, 11) is 0. The molecule has 3 nitrogen and oxygen atoms in total. The molecule has 0 aliphatic carbocycles. The van der Waals surface area contributed by atoms with Crippen LogP contribution in [0.2, 0.25) is 0 Å². The molecule has 0 saturated heterocycles. The zero-order valence-electron chi connectivity index (χ0n) is 34.2. The van der Waals surface area contributed by atoms with Gasteiger partial charge in [0, 0.05) is 48.9 Å². The maximum absolute atomic E-state index is 13.3. The number of hydrogen-bond acceptors (Lipinski definition) is 3. The van der Waals surface area contributed by atoms with E-state index in [2.05, 4.69) is 28.2 Å². The summed E-state index contributed by atoms with van der Waals surface area (Å²) in [5.74, 6) is -0.328. The van der Waals surface area contributed by atoms with Crippen molar-refractivity contribution in [1.82, 2.24) is 9.97 Å². The summed E-state index contributed by atoms with van der Waals surface area (Å²) in [5, 5.41) is 2.05. The average molecular weight is 825 g/mol. The summed E-state index contributed by atoms with van der Waals surface area (Å²) in [5.41, 5.74) is 7.12. The molecule has 0 N–H and O–H groups in total. The van der Waals surface area contributed by atoms with Crippen molar-refractivity contribution in [1.29, 1.82) is 0 Å². The second-order valence-electron chi connectivity index (χ2n) is 11.2. The standard InChI is InChI=1S/C25H19FN.C19H14NO.Ir/c1-18-17-27-25(16-23(18)14-19-6-3-2-4-7-19)22-9-5-8-21(15-22)20-10-12-24(26)13-11-20;1-12-6-8-14-15-4-3-5-16(19(15)21-18(14)10-12)17-9-7-13(2)11-20-17;/h2-8,10-13,15-17H,14H2,1H3;3-4,6-11H,1-2H3;/q2*-1;/i1D3,14D2;2D3;. The van der Waals surface area contributed by atoms with Crippen LogP contribution in [0.4, 0.5) is 4.39 Å². The van der Waals surface area contributed by atoms with Crippen molar-refractivity contribution in [2.24, 2.45) is 0 Å². The van der Waals surface area contributed by atoms with Gasteiger partial charge in [-0.1, -0.05) is 83.7 Å². The van der Waals surface area contributed by atoms with Crippen LogP contribution >= 0.6 is 0 Å². The van der Waals surface area contributed by atoms with Gasteiger partial charge in [-0.05, 0) is 90.0 Å². The zero-order chi connectivity index (χ0) is 39.8. The molecule has 3 aromatic heterocycles. The number of aromatic nitrogens is 2. The number of benzene rings is 5. The molecule has 0 aliphatic heterocycles. The third kappa shape index (κ3) is 7.60. The van der Waals surface area contributed by atoms with Gasteiger partial charge in [0.25, 0.3) is 0 Å². The van der Waals surface area contributed by atoms with Gasteiger partial charge in [-0.3, -0.25) is 0 Å². The van der Waals surface area contributed by atoms with Crippen LogP contribution < -0.4 is 0 Å². The number of halogens is 1. The fourth-order valence-corrected chi connectivity index (χ4v) is 5.40. The van der Waals surface area contributed by atoms with Crippen LogP contribution in [0.3, 0.4) is 0 Å². The summed E-state index contributed by atoms with van der Waals surface area (Å²) in [4.78, 5) is 8.62. The number of hydrogen-bond donors (Lipinski definition) is 0. The Bertz CT molecular complexity index is 2660. The number of aryl methyl sites for hydroxylation is 3. The van der Waals surface area contributed by atoms with Gasteiger partial charge in [-0.15, -0.1) is 53.6 Å². The quantitative estimate of drug-likeness (QED) is 0.162. The van der Waals surface area contributed by atoms with E-state index >= 15 is 0 Å². The molecule has 0 unspecified atom stereocenters. The van der Waals surface area contributed by atoms with Gasteiger partial charge in [-0.2, -0.15) is 0 Å². The molecule has 3 heterocycles. The van der Waals surface area contributed by atoms with E-state index in [1.807, 2.05) is 43.3 Å². The molecule has 49 heavy (non-hydrogen) atoms. The van der Waals surface area contributed by atoms with Crippen molar-refractivity contribution in [3.63, 3.8) is 0 Å². The second-order valence-corrected chi connectivity index (χ2v) is 11.2. The second kappa shape index (κ2) is 14.9. The Labute approximate surface area is 311 Å². The van der Waals surface area contributed by atoms with Gasteiger partial charge in [0.1, 0.15) is 11.4 Å². The first-order valence-electron chi connectivity index (χ1n) is 19.2. The number of furan rings is 1. The Morgan fingerprint density at radius 2 is 1.53 bits per heavy atom. The maximum atomic E-state index is 13.3. The van der Waals surface area contributed by atoms with Gasteiger partial charge in [0.05, 0.1) is 5.58 Å². The topological polar surface area (TPSA) is 38.9 Å². The van der Waals surface area contributed by atoms with Gasteiger partial charge in [0.15, 0.2) is 0 Å². The summed E-state index contributed by atoms with van der Waals surface area (Å²) in [6, 6.07) is 40.8. The molecule has 8 aromatic rings. The molecular formula is C44H33FIrN2O-2. The first-order valence-corrected chi connectivity index (χ1v) is 15.2. The molecule has 5 heteroatoms. The largest absolute Gasteiger partial charge is 0.501 e. The minimum absolute atomic E-state index is 0. The Morgan fingerprint density at radius 3 is 2.31 bits per heavy atom. The van der Waals surface area contributed by atoms with Gasteiger partial charge < -0.3 is 14.4 Å².